The number of nitrogens with two attached hydrogens (primary N) is 1. The van der Waals surface area contributed by atoms with Crippen molar-refractivity contribution in [2.45, 2.75) is 24.6 Å². The van der Waals surface area contributed by atoms with E-state index in [-0.39, 0.29) is 23.1 Å². The average Bonchev–Trinajstić information content (AvgIpc) is 3.21. The van der Waals surface area contributed by atoms with Crippen LogP contribution in [0.1, 0.15) is 6.42 Å². The van der Waals surface area contributed by atoms with Gasteiger partial charge in [0.15, 0.2) is 5.57 Å². The highest BCUT2D eigenvalue weighted by Crippen LogP contribution is 2.30. The fraction of sp³-hybridized carbons (Fsp3) is 0.471. The molecule has 2 aliphatic heterocycles. The average molecular weight is 374 g/mol. The molecular weight excluding hydrogens is 350 g/mol. The minimum absolute atomic E-state index is 0.00394. The van der Waals surface area contributed by atoms with Crippen molar-refractivity contribution >= 4 is 26.2 Å². The number of carbonyl (C=O) groups excluding carboxylic acids is 2. The lowest BCUT2D eigenvalue weighted by Crippen LogP contribution is -2.38. The monoisotopic (exact) mass is 374 g/mol. The van der Waals surface area contributed by atoms with Crippen LogP contribution in [0.5, 0.6) is 0 Å². The molecule has 0 bridgehead atoms. The summed E-state index contributed by atoms with van der Waals surface area (Å²) >= 11 is 0. The Labute approximate surface area is 154 Å². The third kappa shape index (κ3) is 3.52. The molecule has 2 amide bonds. The van der Waals surface area contributed by atoms with E-state index < -0.39 is 14.5 Å². The largest absolute Gasteiger partial charge is 0.383 e. The minimum Gasteiger partial charge on any atom is -0.383 e. The molecule has 1 fully saturated rings. The lowest BCUT2D eigenvalue weighted by Gasteiger charge is -2.22. The zero-order valence-electron chi connectivity index (χ0n) is 15.3. The maximum Gasteiger partial charge on any atom is 0.341 e. The van der Waals surface area contributed by atoms with Crippen LogP contribution >= 0.6 is 0 Å². The van der Waals surface area contributed by atoms with Crippen LogP contribution < -0.4 is 11.2 Å². The molecule has 0 aromatic rings. The zero-order valence-corrected chi connectivity index (χ0v) is 16.3. The summed E-state index contributed by atoms with van der Waals surface area (Å²) in [5.74, 6) is 2.20. The summed E-state index contributed by atoms with van der Waals surface area (Å²) in [7, 11) is 1.94. The van der Waals surface area contributed by atoms with Gasteiger partial charge in [-0.15, -0.1) is 6.42 Å². The number of hydrogen-bond donors (Lipinski definition) is 2. The summed E-state index contributed by atoms with van der Waals surface area (Å²) in [6.45, 7) is 6.73. The molecule has 2 rings (SSSR count). The highest BCUT2D eigenvalue weighted by atomic mass is 28.2. The van der Waals surface area contributed by atoms with Gasteiger partial charge < -0.3 is 15.4 Å². The van der Waals surface area contributed by atoms with Crippen LogP contribution in [0.4, 0.5) is 0 Å². The number of amidine groups is 1. The van der Waals surface area contributed by atoms with Gasteiger partial charge in [0.2, 0.25) is 5.91 Å². The molecule has 1 saturated heterocycles. The quantitative estimate of drug-likeness (QED) is 0.389. The molecule has 0 aromatic carbocycles. The van der Waals surface area contributed by atoms with E-state index in [0.29, 0.717) is 24.7 Å². The molecule has 3 N–H and O–H groups in total. The van der Waals surface area contributed by atoms with Crippen molar-refractivity contribution < 1.29 is 18.7 Å². The van der Waals surface area contributed by atoms with Gasteiger partial charge in [-0.05, 0) is 25.0 Å². The van der Waals surface area contributed by atoms with E-state index in [1.165, 1.54) is 6.08 Å². The maximum atomic E-state index is 12.2. The number of likely N-dealkylation sites (tertiary alicyclic amines) is 1. The van der Waals surface area contributed by atoms with E-state index in [9.17, 15) is 9.59 Å². The lowest BCUT2D eigenvalue weighted by atomic mass is 10.2. The van der Waals surface area contributed by atoms with Crippen LogP contribution in [-0.4, -0.2) is 68.8 Å². The van der Waals surface area contributed by atoms with Crippen LogP contribution in [0.25, 0.3) is 0 Å². The molecule has 26 heavy (non-hydrogen) atoms. The van der Waals surface area contributed by atoms with E-state index in [1.54, 1.807) is 19.1 Å². The molecule has 0 radical (unpaired) electrons. The van der Waals surface area contributed by atoms with Crippen LogP contribution in [-0.2, 0) is 14.3 Å². The molecule has 0 aromatic heterocycles. The highest BCUT2D eigenvalue weighted by Gasteiger charge is 2.42. The van der Waals surface area contributed by atoms with Crippen molar-refractivity contribution in [1.82, 2.24) is 10.3 Å². The molecule has 1 unspecified atom stereocenters. The number of hydrazine groups is 1. The maximum absolute atomic E-state index is 12.2. The van der Waals surface area contributed by atoms with E-state index in [2.05, 4.69) is 29.5 Å². The van der Waals surface area contributed by atoms with Crippen molar-refractivity contribution in [3.8, 4) is 12.3 Å². The number of amides is 2. The summed E-state index contributed by atoms with van der Waals surface area (Å²) in [4.78, 5) is 30.0. The van der Waals surface area contributed by atoms with Crippen molar-refractivity contribution in [2.24, 2.45) is 10.7 Å². The Morgan fingerprint density at radius 2 is 2.35 bits per heavy atom. The second-order valence-electron chi connectivity index (χ2n) is 6.13. The van der Waals surface area contributed by atoms with Crippen molar-refractivity contribution in [1.29, 1.82) is 0 Å². The fourth-order valence-electron chi connectivity index (χ4n) is 3.39. The number of methoxy groups -OCH3 is 1. The van der Waals surface area contributed by atoms with Gasteiger partial charge in [-0.3, -0.25) is 9.59 Å². The third-order valence-corrected chi connectivity index (χ3v) is 7.32. The van der Waals surface area contributed by atoms with Gasteiger partial charge in [-0.2, -0.15) is 4.33 Å². The fourth-order valence-corrected chi connectivity index (χ4v) is 5.66. The summed E-state index contributed by atoms with van der Waals surface area (Å²) in [6.07, 6.45) is 7.63. The third-order valence-electron chi connectivity index (χ3n) is 4.69. The normalized spacial score (nSPS) is 25.9. The number of ether oxygens (including phenoxy) is 1. The Morgan fingerprint density at radius 3 is 2.85 bits per heavy atom. The number of carbonyl (C=O) groups is 2. The molecule has 8 nitrogen and oxygen atoms in total. The first-order valence-electron chi connectivity index (χ1n) is 8.19. The van der Waals surface area contributed by atoms with Crippen LogP contribution in [0.2, 0.25) is 12.1 Å². The number of terminal acetylenes is 1. The van der Waals surface area contributed by atoms with Crippen molar-refractivity contribution in [3.63, 3.8) is 0 Å². The highest BCUT2D eigenvalue weighted by molar-refractivity contribution is 6.45. The molecule has 9 heteroatoms. The number of rotatable bonds is 5. The number of primary amides is 1. The van der Waals surface area contributed by atoms with Gasteiger partial charge in [0, 0.05) is 19.2 Å². The van der Waals surface area contributed by atoms with Gasteiger partial charge in [-0.1, -0.05) is 11.6 Å². The molecule has 0 aliphatic carbocycles. The first-order valence-corrected chi connectivity index (χ1v) is 10.2. The lowest BCUT2D eigenvalue weighted by molar-refractivity contribution is -0.449. The second kappa shape index (κ2) is 8.20. The topological polar surface area (TPSA) is 100 Å². The number of allylic oxidation sites excluding steroid dienone is 1. The first-order chi connectivity index (χ1) is 12.4. The summed E-state index contributed by atoms with van der Waals surface area (Å²) in [5.41, 5.74) is 9.34. The first kappa shape index (κ1) is 19.7. The smallest absolute Gasteiger partial charge is 0.341 e. The number of nitrogens with one attached hydrogen (secondary N) is 1. The molecule has 2 heterocycles. The number of hydrogen-bond acceptors (Lipinski definition) is 5. The zero-order chi connectivity index (χ0) is 19.4. The SMILES string of the molecule is C#CC1=C(C(N)=O)C(=NC)/[N+](=[Si](/C)C2C[C@H](COC)N(C(=O)C=C)C2)N1. The molecule has 2 aliphatic rings. The van der Waals surface area contributed by atoms with E-state index >= 15 is 0 Å². The van der Waals surface area contributed by atoms with Crippen LogP contribution in [0.3, 0.4) is 0 Å². The minimum atomic E-state index is -1.27. The predicted molar refractivity (Wildman–Crippen MR) is 99.4 cm³/mol. The van der Waals surface area contributed by atoms with Gasteiger partial charge in [0.05, 0.1) is 12.6 Å². The Balaban J connectivity index is 2.38. The second-order valence-corrected chi connectivity index (χ2v) is 8.68. The van der Waals surface area contributed by atoms with E-state index in [0.717, 1.165) is 6.42 Å². The van der Waals surface area contributed by atoms with Gasteiger partial charge in [-0.25, -0.2) is 5.43 Å². The van der Waals surface area contributed by atoms with Crippen LogP contribution in [0.15, 0.2) is 28.9 Å². The summed E-state index contributed by atoms with van der Waals surface area (Å²) in [6, 6.07) is -0.00394. The van der Waals surface area contributed by atoms with Gasteiger partial charge >= 0.3 is 5.84 Å². The Hall–Kier alpha value is -2.57. The Morgan fingerprint density at radius 1 is 1.65 bits per heavy atom. The molecule has 138 valence electrons. The Kier molecular flexibility index (Phi) is 6.23. The van der Waals surface area contributed by atoms with E-state index in [1.807, 2.05) is 4.33 Å². The standard InChI is InChI=1S/C17H23N5O3Si/c1-6-13-15(16(18)24)17(19-3)22(20-13)26(5)12-8-11(10-25-4)21(9-12)14(23)7-2/h1,7,11-12H,2,8-10H2,3-5H3,(H2-,18,19,20,24)/p+1/b26-22+/t11-,12?/m1/s1. The molecule has 0 saturated carbocycles. The van der Waals surface area contributed by atoms with E-state index in [4.69, 9.17) is 16.9 Å². The molecular formula is C17H24N5O3Si+. The Bertz CT molecular complexity index is 778. The number of aliphatic imine (C=N–C) groups is 1. The summed E-state index contributed by atoms with van der Waals surface area (Å²) in [5, 5.41) is 0. The van der Waals surface area contributed by atoms with Crippen molar-refractivity contribution in [3.05, 3.63) is 23.9 Å². The predicted octanol–water partition coefficient (Wildman–Crippen LogP) is -0.389. The summed E-state index contributed by atoms with van der Waals surface area (Å²) < 4.78 is 7.12. The molecule has 0 spiro atoms. The van der Waals surface area contributed by atoms with Gasteiger partial charge in [0.25, 0.3) is 14.5 Å². The number of nitrogens with zero attached hydrogens (tertiary/aromatic N) is 3. The molecule has 2 atom stereocenters. The van der Waals surface area contributed by atoms with Crippen molar-refractivity contribution in [2.75, 3.05) is 27.3 Å². The van der Waals surface area contributed by atoms with Gasteiger partial charge in [0.1, 0.15) is 12.7 Å². The van der Waals surface area contributed by atoms with Crippen LogP contribution in [0, 0.1) is 12.3 Å².